The lowest BCUT2D eigenvalue weighted by molar-refractivity contribution is -0.222. The summed E-state index contributed by atoms with van der Waals surface area (Å²) in [5.41, 5.74) is 13.1. The van der Waals surface area contributed by atoms with Crippen molar-refractivity contribution in [3.63, 3.8) is 0 Å². The minimum Gasteiger partial charge on any atom is -0.211 e. The Morgan fingerprint density at radius 2 is 2.50 bits per heavy atom. The molecule has 2 aliphatic rings. The van der Waals surface area contributed by atoms with E-state index in [-0.39, 0.29) is 6.29 Å². The van der Waals surface area contributed by atoms with Crippen LogP contribution in [0.3, 0.4) is 0 Å². The minimum absolute atomic E-state index is 0.241. The van der Waals surface area contributed by atoms with Gasteiger partial charge in [-0.25, -0.2) is 5.43 Å². The average Bonchev–Trinajstić information content (AvgIpc) is 2.59. The van der Waals surface area contributed by atoms with Crippen LogP contribution in [0.15, 0.2) is 0 Å². The Hall–Kier alpha value is -0.320. The SMILES string of the molecule is C1NON(C2NNON2)N1. The Labute approximate surface area is 56.6 Å². The normalized spacial score (nSPS) is 35.4. The van der Waals surface area contributed by atoms with Crippen LogP contribution >= 0.6 is 0 Å². The van der Waals surface area contributed by atoms with Gasteiger partial charge in [-0.1, -0.05) is 5.17 Å². The second kappa shape index (κ2) is 2.74. The first-order chi connectivity index (χ1) is 4.97. The van der Waals surface area contributed by atoms with Crippen molar-refractivity contribution in [3.05, 3.63) is 0 Å². The zero-order valence-corrected chi connectivity index (χ0v) is 5.05. The van der Waals surface area contributed by atoms with Gasteiger partial charge in [0.25, 0.3) is 0 Å². The van der Waals surface area contributed by atoms with Crippen LogP contribution in [0.4, 0.5) is 0 Å². The maximum Gasteiger partial charge on any atom is 0.193 e. The van der Waals surface area contributed by atoms with E-state index in [0.717, 1.165) is 0 Å². The fourth-order valence-electron chi connectivity index (χ4n) is 0.695. The summed E-state index contributed by atoms with van der Waals surface area (Å²) < 4.78 is 0. The zero-order chi connectivity index (χ0) is 6.81. The van der Waals surface area contributed by atoms with Crippen LogP contribution in [0.25, 0.3) is 0 Å². The summed E-state index contributed by atoms with van der Waals surface area (Å²) in [7, 11) is 0. The van der Waals surface area contributed by atoms with Crippen molar-refractivity contribution >= 4 is 0 Å². The van der Waals surface area contributed by atoms with Gasteiger partial charge >= 0.3 is 0 Å². The number of hydrogen-bond acceptors (Lipinski definition) is 8. The molecule has 0 amide bonds. The third-order valence-electron chi connectivity index (χ3n) is 1.12. The molecule has 2 fully saturated rings. The van der Waals surface area contributed by atoms with Gasteiger partial charge in [-0.15, -0.1) is 11.1 Å². The van der Waals surface area contributed by atoms with Gasteiger partial charge in [0.15, 0.2) is 6.29 Å². The van der Waals surface area contributed by atoms with Gasteiger partial charge in [0.05, 0.1) is 6.67 Å². The zero-order valence-electron chi connectivity index (χ0n) is 5.05. The first-order valence-electron chi connectivity index (χ1n) is 2.81. The van der Waals surface area contributed by atoms with Gasteiger partial charge in [0.1, 0.15) is 0 Å². The number of nitrogens with one attached hydrogen (secondary N) is 5. The quantitative estimate of drug-likeness (QED) is 0.270. The average molecular weight is 148 g/mol. The molecule has 0 aliphatic carbocycles. The molecule has 5 N–H and O–H groups in total. The molecule has 2 aliphatic heterocycles. The molecule has 1 atom stereocenters. The third kappa shape index (κ3) is 1.10. The number of hydrogen-bond donors (Lipinski definition) is 5. The van der Waals surface area contributed by atoms with Gasteiger partial charge < -0.3 is 0 Å². The molecule has 2 heterocycles. The second-order valence-corrected chi connectivity index (χ2v) is 1.77. The highest BCUT2D eigenvalue weighted by atomic mass is 16.9. The third-order valence-corrected chi connectivity index (χ3v) is 1.12. The molecule has 0 spiro atoms. The molecule has 0 saturated carbocycles. The molecule has 0 radical (unpaired) electrons. The predicted molar refractivity (Wildman–Crippen MR) is 28.3 cm³/mol. The molecule has 0 aromatic heterocycles. The van der Waals surface area contributed by atoms with E-state index in [1.54, 1.807) is 0 Å². The number of hydroxylamine groups is 3. The molecular formula is C2H8N6O2. The highest BCUT2D eigenvalue weighted by Crippen LogP contribution is 1.93. The first-order valence-corrected chi connectivity index (χ1v) is 2.81. The van der Waals surface area contributed by atoms with E-state index in [9.17, 15) is 0 Å². The Bertz CT molecular complexity index is 94.3. The number of hydrazine groups is 2. The van der Waals surface area contributed by atoms with Crippen molar-refractivity contribution in [1.29, 1.82) is 0 Å². The van der Waals surface area contributed by atoms with Crippen molar-refractivity contribution < 1.29 is 9.88 Å². The molecule has 0 bridgehead atoms. The summed E-state index contributed by atoms with van der Waals surface area (Å²) in [6, 6.07) is 0. The topological polar surface area (TPSA) is 81.9 Å². The summed E-state index contributed by atoms with van der Waals surface area (Å²) in [5, 5.41) is 1.43. The second-order valence-electron chi connectivity index (χ2n) is 1.77. The van der Waals surface area contributed by atoms with Crippen LogP contribution in [-0.2, 0) is 9.88 Å². The predicted octanol–water partition coefficient (Wildman–Crippen LogP) is -2.97. The van der Waals surface area contributed by atoms with Crippen molar-refractivity contribution in [2.24, 2.45) is 0 Å². The lowest BCUT2D eigenvalue weighted by Gasteiger charge is -2.16. The Kier molecular flexibility index (Phi) is 1.75. The summed E-state index contributed by atoms with van der Waals surface area (Å²) in [4.78, 5) is 9.43. The number of nitrogens with zero attached hydrogens (tertiary/aromatic N) is 1. The minimum atomic E-state index is -0.241. The van der Waals surface area contributed by atoms with Crippen LogP contribution in [0.1, 0.15) is 0 Å². The molecule has 8 heteroatoms. The lowest BCUT2D eigenvalue weighted by atomic mass is 10.9. The van der Waals surface area contributed by atoms with Gasteiger partial charge in [-0.05, 0) is 0 Å². The summed E-state index contributed by atoms with van der Waals surface area (Å²) >= 11 is 0. The van der Waals surface area contributed by atoms with Crippen LogP contribution in [0, 0.1) is 0 Å². The van der Waals surface area contributed by atoms with Crippen molar-refractivity contribution in [2.75, 3.05) is 6.67 Å². The van der Waals surface area contributed by atoms with E-state index in [1.165, 1.54) is 5.17 Å². The summed E-state index contributed by atoms with van der Waals surface area (Å²) in [6.07, 6.45) is -0.241. The largest absolute Gasteiger partial charge is 0.211 e. The smallest absolute Gasteiger partial charge is 0.193 e. The van der Waals surface area contributed by atoms with Crippen LogP contribution in [-0.4, -0.2) is 18.1 Å². The molecule has 2 saturated heterocycles. The van der Waals surface area contributed by atoms with E-state index < -0.39 is 0 Å². The van der Waals surface area contributed by atoms with E-state index in [1.807, 2.05) is 0 Å². The molecule has 0 aromatic carbocycles. The molecule has 8 nitrogen and oxygen atoms in total. The number of rotatable bonds is 1. The Morgan fingerprint density at radius 1 is 1.50 bits per heavy atom. The standard InChI is InChI=1S/C2H8N6O2/c1-3-8(10-4-1)2-5-7-9-6-2/h2-7H,1H2. The monoisotopic (exact) mass is 148 g/mol. The highest BCUT2D eigenvalue weighted by molar-refractivity contribution is 4.52. The molecule has 58 valence electrons. The van der Waals surface area contributed by atoms with Crippen LogP contribution < -0.4 is 27.4 Å². The molecule has 10 heavy (non-hydrogen) atoms. The van der Waals surface area contributed by atoms with E-state index >= 15 is 0 Å². The van der Waals surface area contributed by atoms with E-state index in [4.69, 9.17) is 4.94 Å². The van der Waals surface area contributed by atoms with Gasteiger partial charge in [0.2, 0.25) is 0 Å². The maximum absolute atomic E-state index is 4.86. The summed E-state index contributed by atoms with van der Waals surface area (Å²) in [5.74, 6) is 0. The first kappa shape index (κ1) is 6.39. The van der Waals surface area contributed by atoms with E-state index in [2.05, 4.69) is 32.3 Å². The fraction of sp³-hybridized carbons (Fsp3) is 1.00. The van der Waals surface area contributed by atoms with Gasteiger partial charge in [-0.3, -0.25) is 0 Å². The van der Waals surface area contributed by atoms with Crippen LogP contribution in [0.2, 0.25) is 0 Å². The van der Waals surface area contributed by atoms with Crippen molar-refractivity contribution in [3.8, 4) is 0 Å². The van der Waals surface area contributed by atoms with Crippen molar-refractivity contribution in [2.45, 2.75) is 6.29 Å². The van der Waals surface area contributed by atoms with E-state index in [0.29, 0.717) is 6.67 Å². The summed E-state index contributed by atoms with van der Waals surface area (Å²) in [6.45, 7) is 0.569. The molecule has 2 rings (SSSR count). The van der Waals surface area contributed by atoms with Crippen molar-refractivity contribution in [1.82, 2.24) is 32.6 Å². The molecule has 1 unspecified atom stereocenters. The Balaban J connectivity index is 1.85. The lowest BCUT2D eigenvalue weighted by Crippen LogP contribution is -2.52. The molecular weight excluding hydrogens is 140 g/mol. The highest BCUT2D eigenvalue weighted by Gasteiger charge is 2.26. The maximum atomic E-state index is 4.86. The molecule has 0 aromatic rings. The van der Waals surface area contributed by atoms with Gasteiger partial charge in [0, 0.05) is 0 Å². The van der Waals surface area contributed by atoms with Gasteiger partial charge in [-0.2, -0.15) is 20.8 Å². The Morgan fingerprint density at radius 3 is 3.10 bits per heavy atom. The fourth-order valence-corrected chi connectivity index (χ4v) is 0.695. The van der Waals surface area contributed by atoms with Crippen LogP contribution in [0.5, 0.6) is 0 Å².